The molecule has 0 aliphatic carbocycles. The third kappa shape index (κ3) is 3.88. The minimum Gasteiger partial charge on any atom is -0.229 e. The molecule has 1 aromatic rings. The Hall–Kier alpha value is -0.920. The molecule has 1 unspecified atom stereocenters. The maximum atomic E-state index is 12.5. The van der Waals surface area contributed by atoms with Crippen LogP contribution in [0.3, 0.4) is 0 Å². The largest absolute Gasteiger partial charge is 0.241 e. The zero-order valence-electron chi connectivity index (χ0n) is 13.4. The van der Waals surface area contributed by atoms with Crippen molar-refractivity contribution in [2.24, 2.45) is 0 Å². The second kappa shape index (κ2) is 5.32. The van der Waals surface area contributed by atoms with Crippen LogP contribution in [0.15, 0.2) is 29.2 Å². The smallest absolute Gasteiger partial charge is 0.229 e. The Balaban J connectivity index is 2.25. The summed E-state index contributed by atoms with van der Waals surface area (Å²) in [7, 11) is -6.89. The number of sulfonamides is 1. The van der Waals surface area contributed by atoms with E-state index in [4.69, 9.17) is 0 Å². The van der Waals surface area contributed by atoms with Crippen molar-refractivity contribution in [2.75, 3.05) is 11.5 Å². The first-order chi connectivity index (χ1) is 9.83. The average Bonchev–Trinajstić information content (AvgIpc) is 2.61. The molecule has 1 atom stereocenters. The van der Waals surface area contributed by atoms with Crippen LogP contribution in [0.4, 0.5) is 0 Å². The van der Waals surface area contributed by atoms with Gasteiger partial charge in [-0.15, -0.1) is 0 Å². The van der Waals surface area contributed by atoms with Crippen molar-refractivity contribution in [2.45, 2.75) is 50.0 Å². The quantitative estimate of drug-likeness (QED) is 0.906. The minimum absolute atomic E-state index is 0.0228. The normalized spacial score (nSPS) is 25.3. The van der Waals surface area contributed by atoms with Crippen molar-refractivity contribution in [1.82, 2.24) is 4.72 Å². The summed E-state index contributed by atoms with van der Waals surface area (Å²) < 4.78 is 50.7. The van der Waals surface area contributed by atoms with Crippen LogP contribution in [0, 0.1) is 0 Å². The molecule has 124 valence electrons. The molecule has 0 saturated carbocycles. The molecule has 1 N–H and O–H groups in total. The monoisotopic (exact) mass is 345 g/mol. The van der Waals surface area contributed by atoms with Gasteiger partial charge in [-0.1, -0.05) is 32.9 Å². The topological polar surface area (TPSA) is 80.3 Å². The maximum Gasteiger partial charge on any atom is 0.241 e. The molecule has 1 saturated heterocycles. The van der Waals surface area contributed by atoms with Gasteiger partial charge in [0.1, 0.15) is 0 Å². The fraction of sp³-hybridized carbons (Fsp3) is 0.600. The molecule has 0 spiro atoms. The molecule has 1 fully saturated rings. The van der Waals surface area contributed by atoms with Crippen LogP contribution in [-0.4, -0.2) is 33.9 Å². The SMILES string of the molecule is CC1(NS(=O)(=O)c2ccc(C(C)(C)C)cc2)CCS(=O)(=O)C1. The minimum atomic E-state index is -3.73. The van der Waals surface area contributed by atoms with E-state index in [0.29, 0.717) is 6.42 Å². The second-order valence-corrected chi connectivity index (χ2v) is 11.1. The van der Waals surface area contributed by atoms with E-state index in [9.17, 15) is 16.8 Å². The lowest BCUT2D eigenvalue weighted by molar-refractivity contribution is 0.461. The summed E-state index contributed by atoms with van der Waals surface area (Å²) in [5.74, 6) is -0.131. The Labute approximate surface area is 133 Å². The third-order valence-electron chi connectivity index (χ3n) is 3.91. The molecule has 1 aromatic carbocycles. The van der Waals surface area contributed by atoms with Crippen molar-refractivity contribution < 1.29 is 16.8 Å². The summed E-state index contributed by atoms with van der Waals surface area (Å²) in [6.45, 7) is 7.80. The Morgan fingerprint density at radius 3 is 2.09 bits per heavy atom. The van der Waals surface area contributed by atoms with Crippen LogP contribution in [0.25, 0.3) is 0 Å². The van der Waals surface area contributed by atoms with Gasteiger partial charge in [0.25, 0.3) is 0 Å². The van der Waals surface area contributed by atoms with Crippen molar-refractivity contribution in [3.8, 4) is 0 Å². The predicted molar refractivity (Wildman–Crippen MR) is 87.1 cm³/mol. The van der Waals surface area contributed by atoms with E-state index in [-0.39, 0.29) is 21.8 Å². The van der Waals surface area contributed by atoms with Crippen LogP contribution in [0.2, 0.25) is 0 Å². The van der Waals surface area contributed by atoms with Crippen molar-refractivity contribution in [1.29, 1.82) is 0 Å². The third-order valence-corrected chi connectivity index (χ3v) is 7.47. The lowest BCUT2D eigenvalue weighted by Crippen LogP contribution is -2.46. The molecule has 22 heavy (non-hydrogen) atoms. The highest BCUT2D eigenvalue weighted by Crippen LogP contribution is 2.27. The van der Waals surface area contributed by atoms with Crippen molar-refractivity contribution in [3.63, 3.8) is 0 Å². The number of benzene rings is 1. The summed E-state index contributed by atoms with van der Waals surface area (Å²) in [4.78, 5) is 0.158. The first-order valence-corrected chi connectivity index (χ1v) is 10.5. The molecule has 7 heteroatoms. The van der Waals surface area contributed by atoms with E-state index >= 15 is 0 Å². The molecule has 2 rings (SSSR count). The van der Waals surface area contributed by atoms with E-state index < -0.39 is 25.4 Å². The van der Waals surface area contributed by atoms with Crippen LogP contribution in [-0.2, 0) is 25.3 Å². The summed E-state index contributed by atoms with van der Waals surface area (Å²) in [6.07, 6.45) is 0.300. The van der Waals surface area contributed by atoms with Gasteiger partial charge in [-0.3, -0.25) is 0 Å². The Bertz CT molecular complexity index is 759. The molecular formula is C15H23NO4S2. The maximum absolute atomic E-state index is 12.5. The fourth-order valence-corrected chi connectivity index (χ4v) is 6.23. The Kier molecular flexibility index (Phi) is 4.21. The standard InChI is InChI=1S/C15H23NO4S2/c1-14(2,3)12-5-7-13(8-6-12)22(19,20)16-15(4)9-10-21(17,18)11-15/h5-8,16H,9-11H2,1-4H3. The molecule has 1 aliphatic heterocycles. The summed E-state index contributed by atoms with van der Waals surface area (Å²) in [6, 6.07) is 6.72. The van der Waals surface area contributed by atoms with Crippen LogP contribution in [0.1, 0.15) is 39.7 Å². The number of sulfone groups is 1. The van der Waals surface area contributed by atoms with Gasteiger partial charge in [0, 0.05) is 5.54 Å². The van der Waals surface area contributed by atoms with Gasteiger partial charge in [0.2, 0.25) is 10.0 Å². The summed E-state index contributed by atoms with van der Waals surface area (Å²) in [5.41, 5.74) is 0.0582. The van der Waals surface area contributed by atoms with Gasteiger partial charge < -0.3 is 0 Å². The van der Waals surface area contributed by atoms with Crippen LogP contribution < -0.4 is 4.72 Å². The van der Waals surface area contributed by atoms with Crippen LogP contribution in [0.5, 0.6) is 0 Å². The molecule has 1 heterocycles. The molecule has 1 aliphatic rings. The van der Waals surface area contributed by atoms with Gasteiger partial charge in [-0.25, -0.2) is 21.6 Å². The molecular weight excluding hydrogens is 322 g/mol. The highest BCUT2D eigenvalue weighted by molar-refractivity contribution is 7.92. The number of hydrogen-bond donors (Lipinski definition) is 1. The average molecular weight is 345 g/mol. The van der Waals surface area contributed by atoms with Gasteiger partial charge in [-0.05, 0) is 36.5 Å². The molecule has 5 nitrogen and oxygen atoms in total. The Morgan fingerprint density at radius 1 is 1.14 bits per heavy atom. The van der Waals surface area contributed by atoms with E-state index in [2.05, 4.69) is 25.5 Å². The molecule has 0 radical (unpaired) electrons. The summed E-state index contributed by atoms with van der Waals surface area (Å²) >= 11 is 0. The lowest BCUT2D eigenvalue weighted by Gasteiger charge is -2.24. The van der Waals surface area contributed by atoms with E-state index in [1.54, 1.807) is 31.2 Å². The van der Waals surface area contributed by atoms with Gasteiger partial charge >= 0.3 is 0 Å². The number of rotatable bonds is 3. The zero-order chi connectivity index (χ0) is 16.8. The zero-order valence-corrected chi connectivity index (χ0v) is 15.0. The van der Waals surface area contributed by atoms with E-state index in [0.717, 1.165) is 5.56 Å². The van der Waals surface area contributed by atoms with Crippen molar-refractivity contribution in [3.05, 3.63) is 29.8 Å². The Morgan fingerprint density at radius 2 is 1.68 bits per heavy atom. The summed E-state index contributed by atoms with van der Waals surface area (Å²) in [5, 5.41) is 0. The highest BCUT2D eigenvalue weighted by atomic mass is 32.2. The van der Waals surface area contributed by atoms with Gasteiger partial charge in [0.05, 0.1) is 16.4 Å². The molecule has 0 amide bonds. The predicted octanol–water partition coefficient (Wildman–Crippen LogP) is 1.84. The second-order valence-electron chi connectivity index (χ2n) is 7.28. The highest BCUT2D eigenvalue weighted by Gasteiger charge is 2.41. The molecule has 0 aromatic heterocycles. The van der Waals surface area contributed by atoms with E-state index in [1.807, 2.05) is 0 Å². The fourth-order valence-electron chi connectivity index (χ4n) is 2.61. The number of hydrogen-bond acceptors (Lipinski definition) is 4. The van der Waals surface area contributed by atoms with Gasteiger partial charge in [0.15, 0.2) is 9.84 Å². The van der Waals surface area contributed by atoms with Crippen LogP contribution >= 0.6 is 0 Å². The first kappa shape index (κ1) is 17.4. The lowest BCUT2D eigenvalue weighted by atomic mass is 9.87. The van der Waals surface area contributed by atoms with E-state index in [1.165, 1.54) is 0 Å². The van der Waals surface area contributed by atoms with Gasteiger partial charge in [-0.2, -0.15) is 0 Å². The number of nitrogens with one attached hydrogen (secondary N) is 1. The first-order valence-electron chi connectivity index (χ1n) is 7.18. The molecule has 0 bridgehead atoms. The van der Waals surface area contributed by atoms with Crippen molar-refractivity contribution >= 4 is 19.9 Å².